The average Bonchev–Trinajstić information content (AvgIpc) is 2.78. The highest BCUT2D eigenvalue weighted by Gasteiger charge is 2.19. The Kier molecular flexibility index (Phi) is 5.42. The third kappa shape index (κ3) is 4.04. The maximum Gasteiger partial charge on any atom is 0.107 e. The monoisotopic (exact) mass is 359 g/mol. The summed E-state index contributed by atoms with van der Waals surface area (Å²) in [5.74, 6) is 0. The summed E-state index contributed by atoms with van der Waals surface area (Å²) in [6, 6.07) is 11.8. The predicted octanol–water partition coefficient (Wildman–Crippen LogP) is 4.77. The van der Waals surface area contributed by atoms with Crippen molar-refractivity contribution in [2.45, 2.75) is 25.7 Å². The molecule has 0 saturated carbocycles. The van der Waals surface area contributed by atoms with E-state index in [4.69, 9.17) is 22.1 Å². The van der Waals surface area contributed by atoms with Crippen LogP contribution in [0.2, 0.25) is 4.34 Å². The van der Waals surface area contributed by atoms with Crippen LogP contribution in [0.4, 0.5) is 0 Å². The number of thiophene rings is 1. The van der Waals surface area contributed by atoms with E-state index in [-0.39, 0.29) is 12.1 Å². The molecule has 1 aromatic carbocycles. The molecule has 0 bridgehead atoms. The summed E-state index contributed by atoms with van der Waals surface area (Å²) < 4.78 is 7.77. The molecule has 2 N–H and O–H groups in total. The van der Waals surface area contributed by atoms with E-state index in [1.54, 1.807) is 0 Å². The molecule has 102 valence electrons. The molecular weight excluding hydrogens is 346 g/mol. The molecule has 2 rings (SSSR count). The number of rotatable bonds is 5. The third-order valence-electron chi connectivity index (χ3n) is 2.73. The van der Waals surface area contributed by atoms with Gasteiger partial charge in [0.25, 0.3) is 0 Å². The zero-order valence-corrected chi connectivity index (χ0v) is 13.6. The Labute approximate surface area is 130 Å². The average molecular weight is 361 g/mol. The number of nitrogens with two attached hydrogens (primary N) is 1. The van der Waals surface area contributed by atoms with Crippen LogP contribution in [-0.2, 0) is 11.3 Å². The van der Waals surface area contributed by atoms with E-state index in [1.807, 2.05) is 43.3 Å². The summed E-state index contributed by atoms with van der Waals surface area (Å²) >= 11 is 11.0. The first kappa shape index (κ1) is 15.0. The van der Waals surface area contributed by atoms with Crippen LogP contribution >= 0.6 is 38.9 Å². The second-order valence-electron chi connectivity index (χ2n) is 4.32. The largest absolute Gasteiger partial charge is 0.366 e. The molecule has 0 aliphatic heterocycles. The fourth-order valence-corrected chi connectivity index (χ4v) is 3.39. The Hall–Kier alpha value is -0.390. The highest BCUT2D eigenvalue weighted by molar-refractivity contribution is 9.10. The van der Waals surface area contributed by atoms with Crippen LogP contribution in [0.3, 0.4) is 0 Å². The van der Waals surface area contributed by atoms with Crippen LogP contribution in [0.1, 0.15) is 23.5 Å². The van der Waals surface area contributed by atoms with Gasteiger partial charge in [-0.3, -0.25) is 0 Å². The van der Waals surface area contributed by atoms with Gasteiger partial charge in [0.1, 0.15) is 6.10 Å². The molecule has 0 radical (unpaired) electrons. The fourth-order valence-electron chi connectivity index (χ4n) is 1.77. The molecule has 2 unspecified atom stereocenters. The first-order valence-corrected chi connectivity index (χ1v) is 7.92. The Morgan fingerprint density at radius 3 is 2.63 bits per heavy atom. The number of halogens is 2. The lowest BCUT2D eigenvalue weighted by Crippen LogP contribution is -2.26. The first-order chi connectivity index (χ1) is 9.08. The van der Waals surface area contributed by atoms with Gasteiger partial charge in [-0.1, -0.05) is 45.7 Å². The lowest BCUT2D eigenvalue weighted by atomic mass is 10.1. The van der Waals surface area contributed by atoms with Crippen LogP contribution in [0.25, 0.3) is 0 Å². The zero-order chi connectivity index (χ0) is 13.8. The lowest BCUT2D eigenvalue weighted by Gasteiger charge is -2.20. The Balaban J connectivity index is 2.08. The second-order valence-corrected chi connectivity index (χ2v) is 6.93. The van der Waals surface area contributed by atoms with Gasteiger partial charge in [-0.15, -0.1) is 11.3 Å². The minimum Gasteiger partial charge on any atom is -0.366 e. The summed E-state index contributed by atoms with van der Waals surface area (Å²) in [5.41, 5.74) is 7.11. The minimum atomic E-state index is -0.135. The van der Waals surface area contributed by atoms with Crippen molar-refractivity contribution in [3.05, 3.63) is 55.6 Å². The van der Waals surface area contributed by atoms with Crippen LogP contribution in [0.15, 0.2) is 40.9 Å². The number of benzene rings is 1. The molecule has 1 aromatic heterocycles. The predicted molar refractivity (Wildman–Crippen MR) is 84.7 cm³/mol. The topological polar surface area (TPSA) is 35.2 Å². The fraction of sp³-hybridized carbons (Fsp3) is 0.286. The summed E-state index contributed by atoms with van der Waals surface area (Å²) in [6.07, 6.45) is -0.135. The van der Waals surface area contributed by atoms with Gasteiger partial charge in [-0.2, -0.15) is 0 Å². The van der Waals surface area contributed by atoms with Gasteiger partial charge in [0, 0.05) is 15.4 Å². The highest BCUT2D eigenvalue weighted by atomic mass is 79.9. The van der Waals surface area contributed by atoms with Crippen LogP contribution in [0, 0.1) is 0 Å². The zero-order valence-electron chi connectivity index (χ0n) is 10.5. The first-order valence-electron chi connectivity index (χ1n) is 5.93. The molecule has 0 amide bonds. The summed E-state index contributed by atoms with van der Waals surface area (Å²) in [4.78, 5) is 1.06. The van der Waals surface area contributed by atoms with Crippen molar-refractivity contribution < 1.29 is 4.74 Å². The second kappa shape index (κ2) is 6.86. The molecule has 0 spiro atoms. The smallest absolute Gasteiger partial charge is 0.107 e. The normalized spacial score (nSPS) is 14.3. The molecule has 2 atom stereocenters. The van der Waals surface area contributed by atoms with Crippen molar-refractivity contribution >= 4 is 38.9 Å². The van der Waals surface area contributed by atoms with Crippen LogP contribution < -0.4 is 5.73 Å². The van der Waals surface area contributed by atoms with E-state index in [2.05, 4.69) is 15.9 Å². The van der Waals surface area contributed by atoms with Gasteiger partial charge in [-0.25, -0.2) is 0 Å². The van der Waals surface area contributed by atoms with Gasteiger partial charge in [0.15, 0.2) is 0 Å². The number of hydrogen-bond donors (Lipinski definition) is 1. The van der Waals surface area contributed by atoms with E-state index in [9.17, 15) is 0 Å². The Bertz CT molecular complexity index is 544. The SMILES string of the molecule is CC(N)C(OCc1ccccc1Br)c1ccc(Cl)s1. The molecule has 0 aliphatic rings. The maximum atomic E-state index is 6.01. The summed E-state index contributed by atoms with van der Waals surface area (Å²) in [5, 5.41) is 0. The van der Waals surface area contributed by atoms with Crippen molar-refractivity contribution in [3.63, 3.8) is 0 Å². The Morgan fingerprint density at radius 2 is 2.05 bits per heavy atom. The minimum absolute atomic E-state index is 0.0859. The molecule has 0 saturated heterocycles. The van der Waals surface area contributed by atoms with Crippen molar-refractivity contribution in [1.29, 1.82) is 0 Å². The van der Waals surface area contributed by atoms with E-state index < -0.39 is 0 Å². The number of hydrogen-bond acceptors (Lipinski definition) is 3. The highest BCUT2D eigenvalue weighted by Crippen LogP contribution is 2.31. The van der Waals surface area contributed by atoms with Crippen molar-refractivity contribution in [2.75, 3.05) is 0 Å². The molecule has 2 nitrogen and oxygen atoms in total. The summed E-state index contributed by atoms with van der Waals surface area (Å²) in [6.45, 7) is 2.46. The van der Waals surface area contributed by atoms with Crippen LogP contribution in [0.5, 0.6) is 0 Å². The molecule has 2 aromatic rings. The molecule has 0 fully saturated rings. The van der Waals surface area contributed by atoms with E-state index in [1.165, 1.54) is 11.3 Å². The molecular formula is C14H15BrClNOS. The van der Waals surface area contributed by atoms with E-state index in [0.29, 0.717) is 6.61 Å². The van der Waals surface area contributed by atoms with Gasteiger partial charge in [-0.05, 0) is 30.7 Å². The molecule has 5 heteroatoms. The van der Waals surface area contributed by atoms with E-state index in [0.717, 1.165) is 19.2 Å². The van der Waals surface area contributed by atoms with Gasteiger partial charge < -0.3 is 10.5 Å². The summed E-state index contributed by atoms with van der Waals surface area (Å²) in [7, 11) is 0. The quantitative estimate of drug-likeness (QED) is 0.833. The molecule has 19 heavy (non-hydrogen) atoms. The standard InChI is InChI=1S/C14H15BrClNOS/c1-9(17)14(12-6-7-13(16)19-12)18-8-10-4-2-3-5-11(10)15/h2-7,9,14H,8,17H2,1H3. The van der Waals surface area contributed by atoms with Crippen molar-refractivity contribution in [3.8, 4) is 0 Å². The van der Waals surface area contributed by atoms with Gasteiger partial charge >= 0.3 is 0 Å². The Morgan fingerprint density at radius 1 is 1.32 bits per heavy atom. The lowest BCUT2D eigenvalue weighted by molar-refractivity contribution is 0.0280. The number of ether oxygens (including phenoxy) is 1. The molecule has 0 aliphatic carbocycles. The van der Waals surface area contributed by atoms with E-state index >= 15 is 0 Å². The molecule has 1 heterocycles. The van der Waals surface area contributed by atoms with Gasteiger partial charge in [0.05, 0.1) is 10.9 Å². The van der Waals surface area contributed by atoms with Crippen molar-refractivity contribution in [2.24, 2.45) is 5.73 Å². The van der Waals surface area contributed by atoms with Gasteiger partial charge in [0.2, 0.25) is 0 Å². The van der Waals surface area contributed by atoms with Crippen LogP contribution in [-0.4, -0.2) is 6.04 Å². The maximum absolute atomic E-state index is 6.01. The third-order valence-corrected chi connectivity index (χ3v) is 4.79. The van der Waals surface area contributed by atoms with Crippen molar-refractivity contribution in [1.82, 2.24) is 0 Å².